The Labute approximate surface area is 95.0 Å². The lowest BCUT2D eigenvalue weighted by Crippen LogP contribution is -2.30. The molecule has 0 radical (unpaired) electrons. The molecule has 1 aromatic carbocycles. The number of carbonyl (C=O) groups excluding carboxylic acids is 1. The van der Waals surface area contributed by atoms with Crippen LogP contribution in [0.3, 0.4) is 0 Å². The van der Waals surface area contributed by atoms with Crippen molar-refractivity contribution in [3.63, 3.8) is 0 Å². The SMILES string of the molecule is NC1=N/C(=C/c2cccc(Br)c2)C(=O)N1. The van der Waals surface area contributed by atoms with Crippen LogP contribution >= 0.6 is 15.9 Å². The summed E-state index contributed by atoms with van der Waals surface area (Å²) in [4.78, 5) is 15.2. The molecular formula is C10H8BrN3O. The minimum atomic E-state index is -0.271. The van der Waals surface area contributed by atoms with Crippen molar-refractivity contribution in [1.82, 2.24) is 5.32 Å². The van der Waals surface area contributed by atoms with E-state index >= 15 is 0 Å². The van der Waals surface area contributed by atoms with E-state index in [1.54, 1.807) is 6.08 Å². The van der Waals surface area contributed by atoms with E-state index < -0.39 is 0 Å². The predicted molar refractivity (Wildman–Crippen MR) is 61.9 cm³/mol. The van der Waals surface area contributed by atoms with Crippen molar-refractivity contribution >= 4 is 33.9 Å². The highest BCUT2D eigenvalue weighted by Gasteiger charge is 2.16. The van der Waals surface area contributed by atoms with E-state index in [9.17, 15) is 4.79 Å². The summed E-state index contributed by atoms with van der Waals surface area (Å²) < 4.78 is 0.951. The Morgan fingerprint density at radius 3 is 2.87 bits per heavy atom. The van der Waals surface area contributed by atoms with Crippen LogP contribution in [0.15, 0.2) is 39.4 Å². The topological polar surface area (TPSA) is 67.5 Å². The highest BCUT2D eigenvalue weighted by Crippen LogP contribution is 2.15. The van der Waals surface area contributed by atoms with Crippen LogP contribution in [0.25, 0.3) is 6.08 Å². The fourth-order valence-corrected chi connectivity index (χ4v) is 1.66. The molecule has 0 atom stereocenters. The van der Waals surface area contributed by atoms with Crippen LogP contribution in [0.4, 0.5) is 0 Å². The third kappa shape index (κ3) is 2.24. The second-order valence-corrected chi connectivity index (χ2v) is 3.95. The second kappa shape index (κ2) is 3.86. The maximum atomic E-state index is 11.3. The number of amides is 1. The Morgan fingerprint density at radius 1 is 1.47 bits per heavy atom. The number of carbonyl (C=O) groups is 1. The van der Waals surface area contributed by atoms with E-state index in [0.29, 0.717) is 5.70 Å². The molecule has 0 aromatic heterocycles. The number of halogens is 1. The molecule has 1 aromatic rings. The second-order valence-electron chi connectivity index (χ2n) is 3.04. The van der Waals surface area contributed by atoms with Crippen LogP contribution in [-0.4, -0.2) is 11.9 Å². The molecule has 0 bridgehead atoms. The average molecular weight is 266 g/mol. The zero-order valence-corrected chi connectivity index (χ0v) is 9.28. The van der Waals surface area contributed by atoms with Crippen molar-refractivity contribution in [1.29, 1.82) is 0 Å². The Kier molecular flexibility index (Phi) is 2.55. The Balaban J connectivity index is 2.35. The molecule has 1 aliphatic rings. The molecule has 0 spiro atoms. The molecule has 5 heteroatoms. The molecule has 1 heterocycles. The zero-order chi connectivity index (χ0) is 10.8. The van der Waals surface area contributed by atoms with Crippen LogP contribution < -0.4 is 11.1 Å². The largest absolute Gasteiger partial charge is 0.369 e. The summed E-state index contributed by atoms with van der Waals surface area (Å²) in [5.74, 6) is -0.131. The van der Waals surface area contributed by atoms with E-state index in [2.05, 4.69) is 26.2 Å². The van der Waals surface area contributed by atoms with Crippen LogP contribution in [0.5, 0.6) is 0 Å². The van der Waals surface area contributed by atoms with Gasteiger partial charge in [-0.3, -0.25) is 10.1 Å². The van der Waals surface area contributed by atoms with Crippen molar-refractivity contribution in [2.75, 3.05) is 0 Å². The first kappa shape index (κ1) is 9.92. The number of benzene rings is 1. The minimum absolute atomic E-state index is 0.140. The lowest BCUT2D eigenvalue weighted by atomic mass is 10.2. The van der Waals surface area contributed by atoms with Crippen molar-refractivity contribution in [3.05, 3.63) is 40.0 Å². The summed E-state index contributed by atoms with van der Waals surface area (Å²) in [7, 11) is 0. The number of nitrogens with two attached hydrogens (primary N) is 1. The maximum absolute atomic E-state index is 11.3. The van der Waals surface area contributed by atoms with Gasteiger partial charge in [0.1, 0.15) is 5.70 Å². The minimum Gasteiger partial charge on any atom is -0.369 e. The lowest BCUT2D eigenvalue weighted by Gasteiger charge is -1.95. The number of guanidine groups is 1. The monoisotopic (exact) mass is 265 g/mol. The van der Waals surface area contributed by atoms with Gasteiger partial charge >= 0.3 is 0 Å². The highest BCUT2D eigenvalue weighted by atomic mass is 79.9. The number of nitrogens with zero attached hydrogens (tertiary/aromatic N) is 1. The smallest absolute Gasteiger partial charge is 0.276 e. The number of hydrogen-bond donors (Lipinski definition) is 2. The summed E-state index contributed by atoms with van der Waals surface area (Å²) in [5.41, 5.74) is 6.59. The fourth-order valence-electron chi connectivity index (χ4n) is 1.24. The predicted octanol–water partition coefficient (Wildman–Crippen LogP) is 1.23. The summed E-state index contributed by atoms with van der Waals surface area (Å²) in [6, 6.07) is 7.57. The van der Waals surface area contributed by atoms with E-state index in [1.165, 1.54) is 0 Å². The van der Waals surface area contributed by atoms with Gasteiger partial charge in [0.05, 0.1) is 0 Å². The van der Waals surface area contributed by atoms with Gasteiger partial charge in [-0.15, -0.1) is 0 Å². The third-order valence-corrected chi connectivity index (χ3v) is 2.36. The van der Waals surface area contributed by atoms with Gasteiger partial charge in [0.2, 0.25) is 5.96 Å². The quantitative estimate of drug-likeness (QED) is 0.751. The number of aliphatic imine (C=N–C) groups is 1. The molecule has 0 saturated carbocycles. The van der Waals surface area contributed by atoms with E-state index in [4.69, 9.17) is 5.73 Å². The Hall–Kier alpha value is -1.62. The molecule has 0 aliphatic carbocycles. The number of rotatable bonds is 1. The summed E-state index contributed by atoms with van der Waals surface area (Å²) in [6.07, 6.45) is 1.68. The number of hydrogen-bond acceptors (Lipinski definition) is 3. The summed E-state index contributed by atoms with van der Waals surface area (Å²) in [6.45, 7) is 0. The molecule has 2 rings (SSSR count). The van der Waals surface area contributed by atoms with Crippen molar-refractivity contribution in [3.8, 4) is 0 Å². The van der Waals surface area contributed by atoms with Crippen LogP contribution in [0, 0.1) is 0 Å². The maximum Gasteiger partial charge on any atom is 0.276 e. The molecule has 0 fully saturated rings. The molecule has 1 amide bonds. The molecule has 15 heavy (non-hydrogen) atoms. The van der Waals surface area contributed by atoms with E-state index in [1.807, 2.05) is 24.3 Å². The van der Waals surface area contributed by atoms with Crippen LogP contribution in [0.1, 0.15) is 5.56 Å². The molecule has 4 nitrogen and oxygen atoms in total. The molecular weight excluding hydrogens is 258 g/mol. The van der Waals surface area contributed by atoms with Crippen molar-refractivity contribution in [2.45, 2.75) is 0 Å². The van der Waals surface area contributed by atoms with Crippen molar-refractivity contribution in [2.24, 2.45) is 10.7 Å². The third-order valence-electron chi connectivity index (χ3n) is 1.87. The van der Waals surface area contributed by atoms with E-state index in [0.717, 1.165) is 10.0 Å². The molecule has 0 unspecified atom stereocenters. The van der Waals surface area contributed by atoms with Gasteiger partial charge in [-0.25, -0.2) is 4.99 Å². The fraction of sp³-hybridized carbons (Fsp3) is 0. The van der Waals surface area contributed by atoms with Gasteiger partial charge in [0.15, 0.2) is 0 Å². The lowest BCUT2D eigenvalue weighted by molar-refractivity contribution is -0.115. The van der Waals surface area contributed by atoms with Crippen LogP contribution in [-0.2, 0) is 4.79 Å². The van der Waals surface area contributed by atoms with Gasteiger partial charge in [-0.05, 0) is 23.8 Å². The van der Waals surface area contributed by atoms with Crippen molar-refractivity contribution < 1.29 is 4.79 Å². The average Bonchev–Trinajstić information content (AvgIpc) is 2.45. The first-order valence-corrected chi connectivity index (χ1v) is 5.07. The Bertz CT molecular complexity index is 479. The van der Waals surface area contributed by atoms with Gasteiger partial charge in [-0.1, -0.05) is 28.1 Å². The molecule has 1 aliphatic heterocycles. The first-order chi connectivity index (χ1) is 7.15. The van der Waals surface area contributed by atoms with Gasteiger partial charge in [0.25, 0.3) is 5.91 Å². The van der Waals surface area contributed by atoms with Gasteiger partial charge < -0.3 is 5.73 Å². The molecule has 0 saturated heterocycles. The first-order valence-electron chi connectivity index (χ1n) is 4.28. The summed E-state index contributed by atoms with van der Waals surface area (Å²) >= 11 is 3.35. The van der Waals surface area contributed by atoms with Crippen LogP contribution in [0.2, 0.25) is 0 Å². The molecule has 3 N–H and O–H groups in total. The number of nitrogens with one attached hydrogen (secondary N) is 1. The summed E-state index contributed by atoms with van der Waals surface area (Å²) in [5, 5.41) is 2.41. The molecule has 76 valence electrons. The van der Waals surface area contributed by atoms with E-state index in [-0.39, 0.29) is 11.9 Å². The Morgan fingerprint density at radius 2 is 2.27 bits per heavy atom. The van der Waals surface area contributed by atoms with Gasteiger partial charge in [-0.2, -0.15) is 0 Å². The normalized spacial score (nSPS) is 17.8. The van der Waals surface area contributed by atoms with Gasteiger partial charge in [0, 0.05) is 4.47 Å². The highest BCUT2D eigenvalue weighted by molar-refractivity contribution is 9.10. The standard InChI is InChI=1S/C10H8BrN3O/c11-7-3-1-2-6(4-7)5-8-9(15)14-10(12)13-8/h1-5H,(H3,12,13,14,15)/b8-5+. The zero-order valence-electron chi connectivity index (χ0n) is 7.70.